The van der Waals surface area contributed by atoms with Gasteiger partial charge in [-0.3, -0.25) is 4.79 Å². The van der Waals surface area contributed by atoms with E-state index in [1.807, 2.05) is 24.3 Å². The quantitative estimate of drug-likeness (QED) is 0.342. The van der Waals surface area contributed by atoms with Crippen LogP contribution >= 0.6 is 0 Å². The Morgan fingerprint density at radius 3 is 2.16 bits per heavy atom. The topological polar surface area (TPSA) is 47.6 Å². The molecule has 0 heterocycles. The van der Waals surface area contributed by atoms with Gasteiger partial charge in [-0.2, -0.15) is 0 Å². The number of methoxy groups -OCH3 is 1. The van der Waals surface area contributed by atoms with Crippen molar-refractivity contribution in [3.8, 4) is 5.75 Å². The number of hydrogen-bond donors (Lipinski definition) is 1. The molecule has 3 rings (SSSR count). The lowest BCUT2D eigenvalue weighted by Gasteiger charge is -2.19. The normalized spacial score (nSPS) is 10.9. The Hall–Kier alpha value is -3.25. The molecule has 6 heteroatoms. The van der Waals surface area contributed by atoms with Gasteiger partial charge in [-0.15, -0.1) is 0 Å². The summed E-state index contributed by atoms with van der Waals surface area (Å²) in [6.45, 7) is 1.87. The first-order valence-corrected chi connectivity index (χ1v) is 10.6. The molecular formula is C26H27F2NO3. The smallest absolute Gasteiger partial charge is 0.309 e. The van der Waals surface area contributed by atoms with Crippen molar-refractivity contribution < 1.29 is 23.0 Å². The van der Waals surface area contributed by atoms with Crippen LogP contribution in [-0.2, 0) is 16.0 Å². The SMILES string of the molecule is COC(=O)Cc1cccc(OCCCNCC(c2ccc(F)cc2)c2ccc(F)cc2)c1. The minimum Gasteiger partial charge on any atom is -0.494 e. The number of hydrogen-bond acceptors (Lipinski definition) is 4. The molecule has 0 radical (unpaired) electrons. The van der Waals surface area contributed by atoms with Crippen molar-refractivity contribution >= 4 is 5.97 Å². The van der Waals surface area contributed by atoms with E-state index in [0.29, 0.717) is 18.9 Å². The molecule has 0 saturated carbocycles. The van der Waals surface area contributed by atoms with Crippen LogP contribution in [0.25, 0.3) is 0 Å². The van der Waals surface area contributed by atoms with Crippen LogP contribution in [0.3, 0.4) is 0 Å². The summed E-state index contributed by atoms with van der Waals surface area (Å²) < 4.78 is 37.2. The second-order valence-electron chi connectivity index (χ2n) is 7.46. The molecule has 0 amide bonds. The van der Waals surface area contributed by atoms with Crippen LogP contribution in [0, 0.1) is 11.6 Å². The highest BCUT2D eigenvalue weighted by Crippen LogP contribution is 2.24. The summed E-state index contributed by atoms with van der Waals surface area (Å²) in [5, 5.41) is 3.41. The Labute approximate surface area is 187 Å². The molecule has 0 aromatic heterocycles. The zero-order valence-electron chi connectivity index (χ0n) is 18.0. The highest BCUT2D eigenvalue weighted by molar-refractivity contribution is 5.72. The van der Waals surface area contributed by atoms with Gasteiger partial charge in [0.1, 0.15) is 17.4 Å². The highest BCUT2D eigenvalue weighted by Gasteiger charge is 2.14. The van der Waals surface area contributed by atoms with Crippen LogP contribution in [-0.4, -0.2) is 32.8 Å². The molecule has 4 nitrogen and oxygen atoms in total. The summed E-state index contributed by atoms with van der Waals surface area (Å²) in [7, 11) is 1.37. The van der Waals surface area contributed by atoms with Crippen LogP contribution in [0.1, 0.15) is 29.0 Å². The fraction of sp³-hybridized carbons (Fsp3) is 0.269. The Balaban J connectivity index is 1.49. The largest absolute Gasteiger partial charge is 0.494 e. The van der Waals surface area contributed by atoms with E-state index < -0.39 is 0 Å². The Morgan fingerprint density at radius 1 is 0.938 bits per heavy atom. The van der Waals surface area contributed by atoms with E-state index in [-0.39, 0.29) is 29.9 Å². The van der Waals surface area contributed by atoms with Gasteiger partial charge in [0.05, 0.1) is 20.1 Å². The van der Waals surface area contributed by atoms with E-state index in [4.69, 9.17) is 4.74 Å². The molecule has 1 N–H and O–H groups in total. The van der Waals surface area contributed by atoms with Crippen molar-refractivity contribution in [1.82, 2.24) is 5.32 Å². The van der Waals surface area contributed by atoms with Crippen LogP contribution in [0.4, 0.5) is 8.78 Å². The number of carbonyl (C=O) groups excluding carboxylic acids is 1. The van der Waals surface area contributed by atoms with Gasteiger partial charge in [0.2, 0.25) is 0 Å². The van der Waals surface area contributed by atoms with E-state index in [9.17, 15) is 13.6 Å². The number of nitrogens with one attached hydrogen (secondary N) is 1. The molecule has 3 aromatic carbocycles. The zero-order chi connectivity index (χ0) is 22.8. The molecular weight excluding hydrogens is 412 g/mol. The van der Waals surface area contributed by atoms with E-state index in [2.05, 4.69) is 10.1 Å². The number of halogens is 2. The molecule has 168 valence electrons. The number of benzene rings is 3. The van der Waals surface area contributed by atoms with Gasteiger partial charge in [-0.05, 0) is 66.1 Å². The molecule has 0 aliphatic rings. The maximum Gasteiger partial charge on any atom is 0.309 e. The fourth-order valence-electron chi connectivity index (χ4n) is 3.44. The van der Waals surface area contributed by atoms with Gasteiger partial charge in [-0.25, -0.2) is 8.78 Å². The third kappa shape index (κ3) is 7.17. The van der Waals surface area contributed by atoms with E-state index in [0.717, 1.165) is 29.7 Å². The standard InChI is InChI=1S/C26H27F2NO3/c1-31-26(30)17-19-4-2-5-24(16-19)32-15-3-14-29-18-25(20-6-10-22(27)11-7-20)21-8-12-23(28)13-9-21/h2,4-13,16,25,29H,3,14-15,17-18H2,1H3. The van der Waals surface area contributed by atoms with Gasteiger partial charge in [0.15, 0.2) is 0 Å². The third-order valence-electron chi connectivity index (χ3n) is 5.13. The maximum atomic E-state index is 13.3. The van der Waals surface area contributed by atoms with Gasteiger partial charge in [0, 0.05) is 12.5 Å². The van der Waals surface area contributed by atoms with Crippen LogP contribution in [0.5, 0.6) is 5.75 Å². The Kier molecular flexibility index (Phi) is 8.75. The van der Waals surface area contributed by atoms with Crippen molar-refractivity contribution in [1.29, 1.82) is 0 Å². The first kappa shape index (κ1) is 23.4. The van der Waals surface area contributed by atoms with E-state index in [1.54, 1.807) is 24.3 Å². The molecule has 3 aromatic rings. The summed E-state index contributed by atoms with van der Waals surface area (Å²) in [6.07, 6.45) is 0.990. The minimum absolute atomic E-state index is 0.0212. The second-order valence-corrected chi connectivity index (χ2v) is 7.46. The van der Waals surface area contributed by atoms with Crippen molar-refractivity contribution in [3.05, 3.63) is 101 Å². The number of ether oxygens (including phenoxy) is 2. The predicted molar refractivity (Wildman–Crippen MR) is 120 cm³/mol. The summed E-state index contributed by atoms with van der Waals surface area (Å²) in [5.74, 6) is -0.169. The molecule has 0 saturated heterocycles. The molecule has 0 atom stereocenters. The van der Waals surface area contributed by atoms with Crippen LogP contribution in [0.15, 0.2) is 72.8 Å². The lowest BCUT2D eigenvalue weighted by Crippen LogP contribution is -2.24. The van der Waals surface area contributed by atoms with Crippen molar-refractivity contribution in [2.75, 3.05) is 26.8 Å². The highest BCUT2D eigenvalue weighted by atomic mass is 19.1. The lowest BCUT2D eigenvalue weighted by atomic mass is 9.91. The molecule has 0 fully saturated rings. The predicted octanol–water partition coefficient (Wildman–Crippen LogP) is 4.87. The van der Waals surface area contributed by atoms with Gasteiger partial charge >= 0.3 is 5.97 Å². The van der Waals surface area contributed by atoms with Gasteiger partial charge in [0.25, 0.3) is 0 Å². The summed E-state index contributed by atoms with van der Waals surface area (Å²) in [6, 6.07) is 20.2. The van der Waals surface area contributed by atoms with Gasteiger partial charge < -0.3 is 14.8 Å². The average molecular weight is 440 g/mol. The molecule has 0 unspecified atom stereocenters. The van der Waals surface area contributed by atoms with Crippen molar-refractivity contribution in [3.63, 3.8) is 0 Å². The second kappa shape index (κ2) is 12.0. The number of esters is 1. The Bertz CT molecular complexity index is 945. The molecule has 0 bridgehead atoms. The molecule has 32 heavy (non-hydrogen) atoms. The summed E-state index contributed by atoms with van der Waals surface area (Å²) >= 11 is 0. The van der Waals surface area contributed by atoms with E-state index in [1.165, 1.54) is 31.4 Å². The van der Waals surface area contributed by atoms with Crippen molar-refractivity contribution in [2.24, 2.45) is 0 Å². The third-order valence-corrected chi connectivity index (χ3v) is 5.13. The maximum absolute atomic E-state index is 13.3. The van der Waals surface area contributed by atoms with E-state index >= 15 is 0 Å². The monoisotopic (exact) mass is 439 g/mol. The minimum atomic E-state index is -0.289. The Morgan fingerprint density at radius 2 is 1.56 bits per heavy atom. The average Bonchev–Trinajstić information content (AvgIpc) is 2.80. The van der Waals surface area contributed by atoms with Crippen LogP contribution < -0.4 is 10.1 Å². The number of rotatable bonds is 11. The first-order chi connectivity index (χ1) is 15.5. The summed E-state index contributed by atoms with van der Waals surface area (Å²) in [5.41, 5.74) is 2.77. The summed E-state index contributed by atoms with van der Waals surface area (Å²) in [4.78, 5) is 11.4. The first-order valence-electron chi connectivity index (χ1n) is 10.6. The number of carbonyl (C=O) groups is 1. The fourth-order valence-corrected chi connectivity index (χ4v) is 3.44. The lowest BCUT2D eigenvalue weighted by molar-refractivity contribution is -0.139. The molecule has 0 spiro atoms. The zero-order valence-corrected chi connectivity index (χ0v) is 18.0. The van der Waals surface area contributed by atoms with Crippen LogP contribution in [0.2, 0.25) is 0 Å². The molecule has 0 aliphatic carbocycles. The van der Waals surface area contributed by atoms with Gasteiger partial charge in [-0.1, -0.05) is 36.4 Å². The molecule has 0 aliphatic heterocycles. The van der Waals surface area contributed by atoms with Crippen molar-refractivity contribution in [2.45, 2.75) is 18.8 Å².